The third kappa shape index (κ3) is 6.09. The lowest BCUT2D eigenvalue weighted by molar-refractivity contribution is -0.137. The van der Waals surface area contributed by atoms with E-state index in [0.717, 1.165) is 35.1 Å². The molecule has 0 aromatic heterocycles. The van der Waals surface area contributed by atoms with Gasteiger partial charge in [0.15, 0.2) is 0 Å². The van der Waals surface area contributed by atoms with Crippen LogP contribution in [-0.2, 0) is 21.0 Å². The Kier molecular flexibility index (Phi) is 7.57. The van der Waals surface area contributed by atoms with E-state index in [-0.39, 0.29) is 5.02 Å². The number of hydrogen-bond donors (Lipinski definition) is 1. The molecule has 0 unspecified atom stereocenters. The Morgan fingerprint density at radius 1 is 1.03 bits per heavy atom. The van der Waals surface area contributed by atoms with Gasteiger partial charge in [-0.05, 0) is 41.8 Å². The van der Waals surface area contributed by atoms with Crippen LogP contribution in [-0.4, -0.2) is 27.1 Å². The number of alkyl halides is 3. The molecule has 3 aromatic carbocycles. The van der Waals surface area contributed by atoms with Crippen molar-refractivity contribution in [2.24, 2.45) is 0 Å². The first-order valence-corrected chi connectivity index (χ1v) is 12.3. The Morgan fingerprint density at radius 3 is 2.24 bits per heavy atom. The van der Waals surface area contributed by atoms with Crippen molar-refractivity contribution in [3.05, 3.63) is 100 Å². The topological polar surface area (TPSA) is 66.5 Å². The highest BCUT2D eigenvalue weighted by molar-refractivity contribution is 7.92. The number of halogens is 4. The van der Waals surface area contributed by atoms with Crippen LogP contribution in [0.3, 0.4) is 0 Å². The molecule has 180 valence electrons. The maximum absolute atomic E-state index is 13.2. The first-order valence-electron chi connectivity index (χ1n) is 10.1. The van der Waals surface area contributed by atoms with Gasteiger partial charge in [-0.3, -0.25) is 9.10 Å². The fraction of sp³-hybridized carbons (Fsp3) is 0.208. The third-order valence-electron chi connectivity index (χ3n) is 5.17. The van der Waals surface area contributed by atoms with Crippen LogP contribution in [0.25, 0.3) is 0 Å². The van der Waals surface area contributed by atoms with Gasteiger partial charge in [0.1, 0.15) is 6.54 Å². The summed E-state index contributed by atoms with van der Waals surface area (Å²) in [6.45, 7) is 1.12. The summed E-state index contributed by atoms with van der Waals surface area (Å²) in [7, 11) is -4.15. The zero-order valence-corrected chi connectivity index (χ0v) is 19.9. The minimum atomic E-state index is -4.71. The van der Waals surface area contributed by atoms with Crippen molar-refractivity contribution in [1.29, 1.82) is 0 Å². The van der Waals surface area contributed by atoms with Crippen molar-refractivity contribution in [3.63, 3.8) is 0 Å². The minimum Gasteiger partial charge on any atom is -0.344 e. The Hall–Kier alpha value is -3.04. The van der Waals surface area contributed by atoms with Gasteiger partial charge in [0.2, 0.25) is 15.9 Å². The number of amides is 1. The zero-order valence-electron chi connectivity index (χ0n) is 18.3. The van der Waals surface area contributed by atoms with Gasteiger partial charge in [0.25, 0.3) is 0 Å². The molecule has 1 N–H and O–H groups in total. The van der Waals surface area contributed by atoms with E-state index in [1.807, 2.05) is 49.4 Å². The molecule has 0 saturated heterocycles. The predicted octanol–water partition coefficient (Wildman–Crippen LogP) is 5.34. The number of benzene rings is 3. The normalized spacial score (nSPS) is 12.8. The molecule has 0 aliphatic heterocycles. The second-order valence-corrected chi connectivity index (χ2v) is 10.0. The van der Waals surface area contributed by atoms with E-state index in [2.05, 4.69) is 5.32 Å². The minimum absolute atomic E-state index is 0.232. The number of nitrogens with one attached hydrogen (secondary N) is 1. The second kappa shape index (κ2) is 10.1. The van der Waals surface area contributed by atoms with Gasteiger partial charge in [-0.15, -0.1) is 0 Å². The summed E-state index contributed by atoms with van der Waals surface area (Å²) in [5.74, 6) is -0.712. The molecule has 1 amide bonds. The van der Waals surface area contributed by atoms with Gasteiger partial charge in [0, 0.05) is 0 Å². The van der Waals surface area contributed by atoms with E-state index in [0.29, 0.717) is 10.4 Å². The van der Waals surface area contributed by atoms with Crippen LogP contribution < -0.4 is 9.62 Å². The van der Waals surface area contributed by atoms with E-state index in [9.17, 15) is 26.4 Å². The average Bonchev–Trinajstić information content (AvgIpc) is 2.76. The van der Waals surface area contributed by atoms with Crippen molar-refractivity contribution in [3.8, 4) is 0 Å². The summed E-state index contributed by atoms with van der Waals surface area (Å²) in [6, 6.07) is 18.2. The van der Waals surface area contributed by atoms with Crippen LogP contribution in [0.2, 0.25) is 5.02 Å². The number of carbonyl (C=O) groups excluding carboxylic acids is 1. The molecular formula is C24H22ClF3N2O3S. The van der Waals surface area contributed by atoms with Gasteiger partial charge in [-0.2, -0.15) is 13.2 Å². The molecule has 1 atom stereocenters. The van der Waals surface area contributed by atoms with E-state index in [1.165, 1.54) is 0 Å². The fourth-order valence-electron chi connectivity index (χ4n) is 3.50. The molecule has 10 heteroatoms. The molecule has 0 aliphatic carbocycles. The lowest BCUT2D eigenvalue weighted by Gasteiger charge is -2.26. The predicted molar refractivity (Wildman–Crippen MR) is 126 cm³/mol. The summed E-state index contributed by atoms with van der Waals surface area (Å²) in [6.07, 6.45) is -3.92. The summed E-state index contributed by atoms with van der Waals surface area (Å²) in [4.78, 5) is 13.1. The summed E-state index contributed by atoms with van der Waals surface area (Å²) < 4.78 is 65.2. The Balaban J connectivity index is 1.97. The van der Waals surface area contributed by atoms with E-state index in [1.54, 1.807) is 12.1 Å². The van der Waals surface area contributed by atoms with E-state index in [4.69, 9.17) is 11.6 Å². The van der Waals surface area contributed by atoms with Gasteiger partial charge in [0.05, 0.1) is 28.6 Å². The highest BCUT2D eigenvalue weighted by atomic mass is 35.5. The van der Waals surface area contributed by atoms with Crippen molar-refractivity contribution in [1.82, 2.24) is 5.32 Å². The fourth-order valence-corrected chi connectivity index (χ4v) is 4.62. The van der Waals surface area contributed by atoms with E-state index < -0.39 is 45.9 Å². The molecule has 3 aromatic rings. The molecule has 0 radical (unpaired) electrons. The Morgan fingerprint density at radius 2 is 1.65 bits per heavy atom. The van der Waals surface area contributed by atoms with Crippen molar-refractivity contribution < 1.29 is 26.4 Å². The SMILES string of the molecule is Cc1ccccc1[C@@H](NC(=O)CN(c1cc(C(F)(F)F)ccc1Cl)S(C)(=O)=O)c1ccccc1. The molecule has 0 saturated carbocycles. The standard InChI is InChI=1S/C24H22ClF3N2O3S/c1-16-8-6-7-11-19(16)23(17-9-4-3-5-10-17)29-22(31)15-30(34(2,32)33)21-14-18(24(26,27)28)12-13-20(21)25/h3-14,23H,15H2,1-2H3,(H,29,31)/t23-/m0/s1. The molecule has 0 aliphatic rings. The number of aryl methyl sites for hydroxylation is 1. The molecule has 0 fully saturated rings. The molecule has 3 rings (SSSR count). The first kappa shape index (κ1) is 25.6. The monoisotopic (exact) mass is 510 g/mol. The van der Waals surface area contributed by atoms with Crippen LogP contribution in [0, 0.1) is 6.92 Å². The maximum Gasteiger partial charge on any atom is 0.416 e. The lowest BCUT2D eigenvalue weighted by atomic mass is 9.95. The Labute approximate surface area is 201 Å². The maximum atomic E-state index is 13.2. The third-order valence-corrected chi connectivity index (χ3v) is 6.61. The number of carbonyl (C=O) groups is 1. The number of nitrogens with zero attached hydrogens (tertiary/aromatic N) is 1. The van der Waals surface area contributed by atoms with Gasteiger partial charge >= 0.3 is 6.18 Å². The van der Waals surface area contributed by atoms with Crippen molar-refractivity contribution in [2.45, 2.75) is 19.1 Å². The number of rotatable bonds is 7. The molecule has 0 spiro atoms. The van der Waals surface area contributed by atoms with Gasteiger partial charge in [-0.1, -0.05) is 66.2 Å². The van der Waals surface area contributed by atoms with E-state index >= 15 is 0 Å². The van der Waals surface area contributed by atoms with Crippen LogP contribution in [0.1, 0.15) is 28.3 Å². The molecule has 5 nitrogen and oxygen atoms in total. The quantitative estimate of drug-likeness (QED) is 0.466. The van der Waals surface area contributed by atoms with Crippen molar-refractivity contribution >= 4 is 33.2 Å². The molecule has 0 bridgehead atoms. The van der Waals surface area contributed by atoms with Crippen LogP contribution in [0.4, 0.5) is 18.9 Å². The summed E-state index contributed by atoms with van der Waals surface area (Å²) in [5, 5.41) is 2.58. The summed E-state index contributed by atoms with van der Waals surface area (Å²) in [5.41, 5.74) is 0.945. The Bertz CT molecular complexity index is 1280. The van der Waals surface area contributed by atoms with Crippen LogP contribution >= 0.6 is 11.6 Å². The van der Waals surface area contributed by atoms with Gasteiger partial charge in [-0.25, -0.2) is 8.42 Å². The average molecular weight is 511 g/mol. The van der Waals surface area contributed by atoms with Crippen LogP contribution in [0.5, 0.6) is 0 Å². The number of hydrogen-bond acceptors (Lipinski definition) is 3. The van der Waals surface area contributed by atoms with Crippen LogP contribution in [0.15, 0.2) is 72.8 Å². The zero-order chi connectivity index (χ0) is 25.1. The summed E-state index contributed by atoms with van der Waals surface area (Å²) >= 11 is 6.04. The molecular weight excluding hydrogens is 489 g/mol. The molecule has 34 heavy (non-hydrogen) atoms. The number of anilines is 1. The largest absolute Gasteiger partial charge is 0.416 e. The highest BCUT2D eigenvalue weighted by Crippen LogP contribution is 2.36. The first-order chi connectivity index (χ1) is 15.9. The lowest BCUT2D eigenvalue weighted by Crippen LogP contribution is -2.42. The molecule has 0 heterocycles. The highest BCUT2D eigenvalue weighted by Gasteiger charge is 2.33. The smallest absolute Gasteiger partial charge is 0.344 e. The number of sulfonamides is 1. The van der Waals surface area contributed by atoms with Gasteiger partial charge < -0.3 is 5.32 Å². The van der Waals surface area contributed by atoms with Crippen molar-refractivity contribution in [2.75, 3.05) is 17.1 Å². The second-order valence-electron chi connectivity index (χ2n) is 7.70.